The van der Waals surface area contributed by atoms with Crippen molar-refractivity contribution in [2.24, 2.45) is 0 Å². The topological polar surface area (TPSA) is 21.7 Å². The smallest absolute Gasteiger partial charge is 0.131 e. The molecule has 0 fully saturated rings. The maximum Gasteiger partial charge on any atom is 0.131 e. The van der Waals surface area contributed by atoms with Crippen LogP contribution < -0.4 is 9.47 Å². The van der Waals surface area contributed by atoms with Gasteiger partial charge in [-0.05, 0) is 57.2 Å². The molecule has 0 N–H and O–H groups in total. The fourth-order valence-corrected chi connectivity index (χ4v) is 2.19. The van der Waals surface area contributed by atoms with Gasteiger partial charge in [-0.25, -0.2) is 0 Å². The van der Waals surface area contributed by atoms with Crippen molar-refractivity contribution in [3.05, 3.63) is 54.1 Å². The molecule has 3 heteroatoms. The van der Waals surface area contributed by atoms with E-state index in [1.807, 2.05) is 36.4 Å². The van der Waals surface area contributed by atoms with Crippen molar-refractivity contribution in [3.8, 4) is 17.2 Å². The lowest BCUT2D eigenvalue weighted by Gasteiger charge is -2.13. The SMILES string of the molecule is COc1cccc(Oc2ccccc2CCCN(C)C)c1. The molecule has 0 aromatic heterocycles. The van der Waals surface area contributed by atoms with Gasteiger partial charge in [0.05, 0.1) is 7.11 Å². The lowest BCUT2D eigenvalue weighted by atomic mass is 10.1. The Hall–Kier alpha value is -2.00. The van der Waals surface area contributed by atoms with Gasteiger partial charge in [-0.15, -0.1) is 0 Å². The molecule has 0 aliphatic carbocycles. The van der Waals surface area contributed by atoms with Crippen molar-refractivity contribution in [2.45, 2.75) is 12.8 Å². The van der Waals surface area contributed by atoms with E-state index >= 15 is 0 Å². The number of hydrogen-bond acceptors (Lipinski definition) is 3. The molecule has 0 heterocycles. The van der Waals surface area contributed by atoms with Crippen LogP contribution >= 0.6 is 0 Å². The normalized spacial score (nSPS) is 10.7. The summed E-state index contributed by atoms with van der Waals surface area (Å²) >= 11 is 0. The highest BCUT2D eigenvalue weighted by atomic mass is 16.5. The number of para-hydroxylation sites is 1. The third-order valence-electron chi connectivity index (χ3n) is 3.29. The minimum Gasteiger partial charge on any atom is -0.497 e. The number of ether oxygens (including phenoxy) is 2. The zero-order chi connectivity index (χ0) is 15.1. The fraction of sp³-hybridized carbons (Fsp3) is 0.333. The second-order valence-corrected chi connectivity index (χ2v) is 5.30. The van der Waals surface area contributed by atoms with Crippen LogP contribution in [0, 0.1) is 0 Å². The van der Waals surface area contributed by atoms with Crippen LogP contribution in [0.4, 0.5) is 0 Å². The maximum absolute atomic E-state index is 6.02. The van der Waals surface area contributed by atoms with E-state index in [1.54, 1.807) is 7.11 Å². The van der Waals surface area contributed by atoms with Crippen LogP contribution in [0.25, 0.3) is 0 Å². The summed E-state index contributed by atoms with van der Waals surface area (Å²) in [5.41, 5.74) is 1.24. The first-order valence-corrected chi connectivity index (χ1v) is 7.23. The highest BCUT2D eigenvalue weighted by Gasteiger charge is 2.05. The number of benzene rings is 2. The summed E-state index contributed by atoms with van der Waals surface area (Å²) in [5.74, 6) is 2.52. The Morgan fingerprint density at radius 2 is 1.71 bits per heavy atom. The molecule has 2 rings (SSSR count). The first kappa shape index (κ1) is 15.4. The third kappa shape index (κ3) is 4.80. The highest BCUT2D eigenvalue weighted by Crippen LogP contribution is 2.28. The Bertz CT molecular complexity index is 567. The summed E-state index contributed by atoms with van der Waals surface area (Å²) in [5, 5.41) is 0. The minimum atomic E-state index is 0.800. The van der Waals surface area contributed by atoms with Crippen molar-refractivity contribution in [1.29, 1.82) is 0 Å². The van der Waals surface area contributed by atoms with Gasteiger partial charge in [-0.3, -0.25) is 0 Å². The van der Waals surface area contributed by atoms with E-state index in [1.165, 1.54) is 5.56 Å². The molecule has 0 aliphatic heterocycles. The largest absolute Gasteiger partial charge is 0.497 e. The maximum atomic E-state index is 6.02. The standard InChI is InChI=1S/C18H23NO2/c1-19(2)13-7-9-15-8-4-5-12-18(15)21-17-11-6-10-16(14-17)20-3/h4-6,8,10-12,14H,7,9,13H2,1-3H3. The van der Waals surface area contributed by atoms with Crippen LogP contribution in [-0.4, -0.2) is 32.6 Å². The van der Waals surface area contributed by atoms with Crippen molar-refractivity contribution >= 4 is 0 Å². The van der Waals surface area contributed by atoms with Crippen molar-refractivity contribution in [3.63, 3.8) is 0 Å². The van der Waals surface area contributed by atoms with Crippen LogP contribution in [0.1, 0.15) is 12.0 Å². The molecular formula is C18H23NO2. The Balaban J connectivity index is 2.08. The molecule has 2 aromatic rings. The molecule has 0 amide bonds. The molecule has 0 saturated heterocycles. The quantitative estimate of drug-likeness (QED) is 0.768. The Kier molecular flexibility index (Phi) is 5.64. The summed E-state index contributed by atoms with van der Waals surface area (Å²) in [6, 6.07) is 15.9. The zero-order valence-corrected chi connectivity index (χ0v) is 13.0. The van der Waals surface area contributed by atoms with E-state index in [9.17, 15) is 0 Å². The van der Waals surface area contributed by atoms with Gasteiger partial charge < -0.3 is 14.4 Å². The Labute approximate surface area is 127 Å². The predicted molar refractivity (Wildman–Crippen MR) is 86.4 cm³/mol. The van der Waals surface area contributed by atoms with Gasteiger partial charge >= 0.3 is 0 Å². The van der Waals surface area contributed by atoms with Gasteiger partial charge in [0.1, 0.15) is 17.2 Å². The molecule has 2 aromatic carbocycles. The van der Waals surface area contributed by atoms with E-state index in [2.05, 4.69) is 31.1 Å². The number of rotatable bonds is 7. The number of methoxy groups -OCH3 is 1. The Morgan fingerprint density at radius 1 is 0.952 bits per heavy atom. The molecule has 21 heavy (non-hydrogen) atoms. The average molecular weight is 285 g/mol. The summed E-state index contributed by atoms with van der Waals surface area (Å²) in [6.07, 6.45) is 2.13. The molecule has 112 valence electrons. The first-order valence-electron chi connectivity index (χ1n) is 7.23. The molecular weight excluding hydrogens is 262 g/mol. The molecule has 0 unspecified atom stereocenters. The molecule has 0 spiro atoms. The van der Waals surface area contributed by atoms with Gasteiger partial charge in [-0.2, -0.15) is 0 Å². The Morgan fingerprint density at radius 3 is 2.48 bits per heavy atom. The second kappa shape index (κ2) is 7.70. The molecule has 0 bridgehead atoms. The van der Waals surface area contributed by atoms with Gasteiger partial charge in [0.2, 0.25) is 0 Å². The zero-order valence-electron chi connectivity index (χ0n) is 13.0. The third-order valence-corrected chi connectivity index (χ3v) is 3.29. The number of nitrogens with zero attached hydrogens (tertiary/aromatic N) is 1. The van der Waals surface area contributed by atoms with E-state index in [0.29, 0.717) is 0 Å². The summed E-state index contributed by atoms with van der Waals surface area (Å²) < 4.78 is 11.2. The predicted octanol–water partition coefficient (Wildman–Crippen LogP) is 3.98. The molecule has 0 aliphatic rings. The summed E-state index contributed by atoms with van der Waals surface area (Å²) in [4.78, 5) is 2.20. The van der Waals surface area contributed by atoms with E-state index in [4.69, 9.17) is 9.47 Å². The lowest BCUT2D eigenvalue weighted by molar-refractivity contribution is 0.397. The van der Waals surface area contributed by atoms with Crippen LogP contribution in [0.3, 0.4) is 0 Å². The number of aryl methyl sites for hydroxylation is 1. The van der Waals surface area contributed by atoms with Gasteiger partial charge in [-0.1, -0.05) is 24.3 Å². The summed E-state index contributed by atoms with van der Waals surface area (Å²) in [6.45, 7) is 1.08. The minimum absolute atomic E-state index is 0.800. The van der Waals surface area contributed by atoms with Gasteiger partial charge in [0, 0.05) is 6.07 Å². The van der Waals surface area contributed by atoms with E-state index in [-0.39, 0.29) is 0 Å². The van der Waals surface area contributed by atoms with Crippen molar-refractivity contribution in [1.82, 2.24) is 4.90 Å². The van der Waals surface area contributed by atoms with E-state index < -0.39 is 0 Å². The van der Waals surface area contributed by atoms with Crippen molar-refractivity contribution in [2.75, 3.05) is 27.7 Å². The van der Waals surface area contributed by atoms with Crippen LogP contribution in [0.5, 0.6) is 17.2 Å². The second-order valence-electron chi connectivity index (χ2n) is 5.30. The highest BCUT2D eigenvalue weighted by molar-refractivity contribution is 5.40. The van der Waals surface area contributed by atoms with E-state index in [0.717, 1.165) is 36.6 Å². The monoisotopic (exact) mass is 285 g/mol. The van der Waals surface area contributed by atoms with Crippen LogP contribution in [0.2, 0.25) is 0 Å². The van der Waals surface area contributed by atoms with Gasteiger partial charge in [0.25, 0.3) is 0 Å². The van der Waals surface area contributed by atoms with Crippen LogP contribution in [-0.2, 0) is 6.42 Å². The number of hydrogen-bond donors (Lipinski definition) is 0. The van der Waals surface area contributed by atoms with Crippen LogP contribution in [0.15, 0.2) is 48.5 Å². The molecule has 3 nitrogen and oxygen atoms in total. The molecule has 0 radical (unpaired) electrons. The fourth-order valence-electron chi connectivity index (χ4n) is 2.19. The van der Waals surface area contributed by atoms with Crippen molar-refractivity contribution < 1.29 is 9.47 Å². The molecule has 0 saturated carbocycles. The summed E-state index contributed by atoms with van der Waals surface area (Å²) in [7, 11) is 5.85. The lowest BCUT2D eigenvalue weighted by Crippen LogP contribution is -2.13. The average Bonchev–Trinajstić information content (AvgIpc) is 2.49. The van der Waals surface area contributed by atoms with Gasteiger partial charge in [0.15, 0.2) is 0 Å². The first-order chi connectivity index (χ1) is 10.2. The molecule has 0 atom stereocenters.